The lowest BCUT2D eigenvalue weighted by molar-refractivity contribution is 0.0954. The Bertz CT molecular complexity index is 1320. The molecule has 4 aromatic carbocycles. The van der Waals surface area contributed by atoms with Gasteiger partial charge in [0, 0.05) is 16.8 Å². The van der Waals surface area contributed by atoms with Crippen LogP contribution in [0.4, 0.5) is 5.69 Å². The van der Waals surface area contributed by atoms with E-state index in [-0.39, 0.29) is 11.8 Å². The van der Waals surface area contributed by atoms with Crippen LogP contribution < -0.4 is 10.7 Å². The highest BCUT2D eigenvalue weighted by molar-refractivity contribution is 6.06. The van der Waals surface area contributed by atoms with E-state index in [9.17, 15) is 9.59 Å². The zero-order valence-corrected chi connectivity index (χ0v) is 17.9. The van der Waals surface area contributed by atoms with Crippen LogP contribution in [0, 0.1) is 6.92 Å². The van der Waals surface area contributed by atoms with E-state index in [4.69, 9.17) is 0 Å². The lowest BCUT2D eigenvalue weighted by Gasteiger charge is -2.08. The lowest BCUT2D eigenvalue weighted by Crippen LogP contribution is -2.19. The zero-order valence-electron chi connectivity index (χ0n) is 17.9. The van der Waals surface area contributed by atoms with Crippen LogP contribution in [0.25, 0.3) is 10.8 Å². The molecular weight excluding hydrogens is 398 g/mol. The fourth-order valence-electron chi connectivity index (χ4n) is 3.41. The van der Waals surface area contributed by atoms with E-state index in [1.54, 1.807) is 30.3 Å². The van der Waals surface area contributed by atoms with E-state index in [2.05, 4.69) is 21.9 Å². The van der Waals surface area contributed by atoms with Gasteiger partial charge in [-0.1, -0.05) is 54.6 Å². The normalized spacial score (nSPS) is 11.2. The first-order chi connectivity index (χ1) is 15.5. The van der Waals surface area contributed by atoms with Crippen molar-refractivity contribution in [2.75, 3.05) is 5.32 Å². The lowest BCUT2D eigenvalue weighted by atomic mass is 10.0. The third-order valence-electron chi connectivity index (χ3n) is 5.29. The summed E-state index contributed by atoms with van der Waals surface area (Å²) in [5, 5.41) is 9.37. The van der Waals surface area contributed by atoms with Gasteiger partial charge in [0.05, 0.1) is 5.71 Å². The van der Waals surface area contributed by atoms with Crippen molar-refractivity contribution in [3.8, 4) is 0 Å². The molecule has 4 rings (SSSR count). The average molecular weight is 422 g/mol. The van der Waals surface area contributed by atoms with Crippen LogP contribution in [0.15, 0.2) is 96.1 Å². The Morgan fingerprint density at radius 1 is 0.719 bits per heavy atom. The van der Waals surface area contributed by atoms with Crippen molar-refractivity contribution >= 4 is 34.0 Å². The number of aryl methyl sites for hydroxylation is 1. The monoisotopic (exact) mass is 421 g/mol. The summed E-state index contributed by atoms with van der Waals surface area (Å²) < 4.78 is 0. The molecule has 32 heavy (non-hydrogen) atoms. The summed E-state index contributed by atoms with van der Waals surface area (Å²) in [4.78, 5) is 24.9. The SMILES string of the molecule is CC(=NNC(=O)c1ccc(NC(=O)c2ccccc2C)cc1)c1ccc2ccccc2c1. The van der Waals surface area contributed by atoms with Gasteiger partial charge in [-0.2, -0.15) is 5.10 Å². The largest absolute Gasteiger partial charge is 0.322 e. The summed E-state index contributed by atoms with van der Waals surface area (Å²) >= 11 is 0. The van der Waals surface area contributed by atoms with Crippen molar-refractivity contribution in [2.24, 2.45) is 5.10 Å². The number of benzene rings is 4. The predicted octanol–water partition coefficient (Wildman–Crippen LogP) is 5.55. The second-order valence-electron chi connectivity index (χ2n) is 7.55. The Morgan fingerprint density at radius 3 is 2.12 bits per heavy atom. The van der Waals surface area contributed by atoms with Gasteiger partial charge in [0.25, 0.3) is 11.8 Å². The highest BCUT2D eigenvalue weighted by Crippen LogP contribution is 2.16. The Balaban J connectivity index is 1.41. The first-order valence-corrected chi connectivity index (χ1v) is 10.3. The van der Waals surface area contributed by atoms with Gasteiger partial charge in [0.2, 0.25) is 0 Å². The average Bonchev–Trinajstić information content (AvgIpc) is 2.82. The number of nitrogens with zero attached hydrogens (tertiary/aromatic N) is 1. The molecule has 2 N–H and O–H groups in total. The maximum Gasteiger partial charge on any atom is 0.271 e. The molecule has 0 radical (unpaired) electrons. The molecule has 4 aromatic rings. The summed E-state index contributed by atoms with van der Waals surface area (Å²) in [6.07, 6.45) is 0. The molecule has 0 aliphatic carbocycles. The number of rotatable bonds is 5. The van der Waals surface area contributed by atoms with Gasteiger partial charge < -0.3 is 5.32 Å². The number of hydrazone groups is 1. The fraction of sp³-hybridized carbons (Fsp3) is 0.0741. The maximum atomic E-state index is 12.5. The molecule has 2 amide bonds. The Labute approximate surface area is 186 Å². The topological polar surface area (TPSA) is 70.6 Å². The molecule has 0 spiro atoms. The fourth-order valence-corrected chi connectivity index (χ4v) is 3.41. The highest BCUT2D eigenvalue weighted by Gasteiger charge is 2.10. The molecule has 0 aliphatic rings. The minimum atomic E-state index is -0.318. The Morgan fingerprint density at radius 2 is 1.38 bits per heavy atom. The molecule has 0 heterocycles. The standard InChI is InChI=1S/C27H23N3O2/c1-18-7-3-6-10-25(18)27(32)28-24-15-13-21(14-16-24)26(31)30-29-19(2)22-12-11-20-8-4-5-9-23(20)17-22/h3-17H,1-2H3,(H,28,32)(H,30,31). The molecule has 0 aliphatic heterocycles. The summed E-state index contributed by atoms with van der Waals surface area (Å²) in [6, 6.07) is 28.3. The number of anilines is 1. The smallest absolute Gasteiger partial charge is 0.271 e. The number of hydrogen-bond donors (Lipinski definition) is 2. The number of hydrogen-bond acceptors (Lipinski definition) is 3. The summed E-state index contributed by atoms with van der Waals surface area (Å²) in [5.41, 5.74) is 6.85. The Kier molecular flexibility index (Phi) is 6.08. The molecule has 0 unspecified atom stereocenters. The first-order valence-electron chi connectivity index (χ1n) is 10.3. The minimum absolute atomic E-state index is 0.184. The van der Waals surface area contributed by atoms with Crippen LogP contribution >= 0.6 is 0 Å². The van der Waals surface area contributed by atoms with Crippen LogP contribution in [0.1, 0.15) is 38.8 Å². The van der Waals surface area contributed by atoms with Crippen molar-refractivity contribution in [1.82, 2.24) is 5.43 Å². The van der Waals surface area contributed by atoms with E-state index < -0.39 is 0 Å². The summed E-state index contributed by atoms with van der Waals surface area (Å²) in [7, 11) is 0. The first kappa shape index (κ1) is 21.0. The molecule has 0 saturated carbocycles. The van der Waals surface area contributed by atoms with Gasteiger partial charge >= 0.3 is 0 Å². The van der Waals surface area contributed by atoms with E-state index in [1.807, 2.05) is 68.4 Å². The molecule has 5 nitrogen and oxygen atoms in total. The van der Waals surface area contributed by atoms with E-state index in [1.165, 1.54) is 0 Å². The van der Waals surface area contributed by atoms with Crippen molar-refractivity contribution in [1.29, 1.82) is 0 Å². The van der Waals surface area contributed by atoms with E-state index in [0.29, 0.717) is 22.5 Å². The number of carbonyl (C=O) groups is 2. The molecule has 0 atom stereocenters. The van der Waals surface area contributed by atoms with E-state index in [0.717, 1.165) is 21.9 Å². The molecule has 0 saturated heterocycles. The van der Waals surface area contributed by atoms with Crippen LogP contribution in [0.3, 0.4) is 0 Å². The number of fused-ring (bicyclic) bond motifs is 1. The quantitative estimate of drug-likeness (QED) is 0.327. The predicted molar refractivity (Wildman–Crippen MR) is 129 cm³/mol. The van der Waals surface area contributed by atoms with Crippen LogP contribution in [-0.4, -0.2) is 17.5 Å². The minimum Gasteiger partial charge on any atom is -0.322 e. The van der Waals surface area contributed by atoms with Crippen molar-refractivity contribution in [3.63, 3.8) is 0 Å². The van der Waals surface area contributed by atoms with Gasteiger partial charge in [0.1, 0.15) is 0 Å². The number of nitrogens with one attached hydrogen (secondary N) is 2. The van der Waals surface area contributed by atoms with Gasteiger partial charge in [-0.15, -0.1) is 0 Å². The van der Waals surface area contributed by atoms with Crippen LogP contribution in [0.2, 0.25) is 0 Å². The van der Waals surface area contributed by atoms with Gasteiger partial charge in [-0.05, 0) is 72.1 Å². The van der Waals surface area contributed by atoms with Crippen LogP contribution in [-0.2, 0) is 0 Å². The zero-order chi connectivity index (χ0) is 22.5. The van der Waals surface area contributed by atoms with E-state index >= 15 is 0 Å². The summed E-state index contributed by atoms with van der Waals surface area (Å²) in [5.74, 6) is -0.502. The number of carbonyl (C=O) groups excluding carboxylic acids is 2. The summed E-state index contributed by atoms with van der Waals surface area (Å²) in [6.45, 7) is 3.75. The maximum absolute atomic E-state index is 12.5. The second-order valence-corrected chi connectivity index (χ2v) is 7.55. The van der Waals surface area contributed by atoms with Crippen LogP contribution in [0.5, 0.6) is 0 Å². The highest BCUT2D eigenvalue weighted by atomic mass is 16.2. The Hall–Kier alpha value is -4.25. The molecule has 0 bridgehead atoms. The molecule has 158 valence electrons. The van der Waals surface area contributed by atoms with Gasteiger partial charge in [0.15, 0.2) is 0 Å². The van der Waals surface area contributed by atoms with Crippen molar-refractivity contribution in [2.45, 2.75) is 13.8 Å². The third-order valence-corrected chi connectivity index (χ3v) is 5.29. The van der Waals surface area contributed by atoms with Crippen molar-refractivity contribution < 1.29 is 9.59 Å². The van der Waals surface area contributed by atoms with Crippen molar-refractivity contribution in [3.05, 3.63) is 113 Å². The second kappa shape index (κ2) is 9.27. The van der Waals surface area contributed by atoms with Gasteiger partial charge in [-0.3, -0.25) is 9.59 Å². The molecule has 5 heteroatoms. The molecule has 0 fully saturated rings. The molecule has 0 aromatic heterocycles. The number of amides is 2. The molecular formula is C27H23N3O2. The third kappa shape index (κ3) is 4.73. The van der Waals surface area contributed by atoms with Gasteiger partial charge in [-0.25, -0.2) is 5.43 Å².